The Hall–Kier alpha value is -3.59. The van der Waals surface area contributed by atoms with Crippen molar-refractivity contribution in [3.63, 3.8) is 0 Å². The van der Waals surface area contributed by atoms with Gasteiger partial charge < -0.3 is 19.1 Å². The first kappa shape index (κ1) is 36.9. The molecule has 3 amide bonds. The van der Waals surface area contributed by atoms with Gasteiger partial charge in [0, 0.05) is 25.2 Å². The van der Waals surface area contributed by atoms with E-state index in [4.69, 9.17) is 14.2 Å². The number of anilines is 1. The summed E-state index contributed by atoms with van der Waals surface area (Å²) in [7, 11) is 0. The predicted octanol–water partition coefficient (Wildman–Crippen LogP) is 9.27. The number of likely N-dealkylation sites (tertiary alicyclic amines) is 1. The molecule has 0 saturated carbocycles. The van der Waals surface area contributed by atoms with E-state index in [0.29, 0.717) is 6.42 Å². The third kappa shape index (κ3) is 13.8. The van der Waals surface area contributed by atoms with Gasteiger partial charge >= 0.3 is 18.3 Å². The van der Waals surface area contributed by atoms with Crippen molar-refractivity contribution in [2.45, 2.75) is 117 Å². The molecule has 3 rings (SSSR count). The molecule has 1 aliphatic heterocycles. The van der Waals surface area contributed by atoms with Crippen LogP contribution in [0.5, 0.6) is 0 Å². The Morgan fingerprint density at radius 3 is 1.85 bits per heavy atom. The lowest BCUT2D eigenvalue weighted by Gasteiger charge is -2.31. The molecular formula is C37H55N3O6. The summed E-state index contributed by atoms with van der Waals surface area (Å²) in [6.07, 6.45) is 7.19. The first-order valence-corrected chi connectivity index (χ1v) is 16.9. The Bertz CT molecular complexity index is 1200. The highest BCUT2D eigenvalue weighted by molar-refractivity contribution is 5.91. The fourth-order valence-electron chi connectivity index (χ4n) is 5.38. The van der Waals surface area contributed by atoms with Crippen LogP contribution in [0.4, 0.5) is 20.1 Å². The zero-order valence-electron chi connectivity index (χ0n) is 28.8. The average molecular weight is 638 g/mol. The molecule has 0 aliphatic carbocycles. The van der Waals surface area contributed by atoms with E-state index in [2.05, 4.69) is 10.2 Å². The second-order valence-corrected chi connectivity index (χ2v) is 14.1. The van der Waals surface area contributed by atoms with E-state index >= 15 is 0 Å². The summed E-state index contributed by atoms with van der Waals surface area (Å²) in [5, 5.41) is 2.95. The van der Waals surface area contributed by atoms with Crippen LogP contribution in [0, 0.1) is 0 Å². The molecule has 0 atom stereocenters. The molecule has 2 aromatic rings. The standard InChI is InChI=1S/C37H55N3O6/c1-36(2,3)45-34(42)40(35(43)46-37(4,5)6)26-18-11-9-7-8-10-17-25-39-27-23-30(24-28-39)44-33(41)38-32-22-16-15-21-31(32)29-19-13-12-14-20-29/h12-16,19-22,30H,7-11,17-18,23-28H2,1-6H3,(H,38,41). The van der Waals surface area contributed by atoms with Crippen molar-refractivity contribution in [1.29, 1.82) is 0 Å². The number of nitrogens with zero attached hydrogens (tertiary/aromatic N) is 2. The van der Waals surface area contributed by atoms with E-state index in [1.165, 1.54) is 6.42 Å². The Balaban J connectivity index is 1.26. The summed E-state index contributed by atoms with van der Waals surface area (Å²) < 4.78 is 16.6. The van der Waals surface area contributed by atoms with Crippen LogP contribution in [-0.4, -0.2) is 71.6 Å². The first-order chi connectivity index (χ1) is 21.8. The third-order valence-electron chi connectivity index (χ3n) is 7.64. The van der Waals surface area contributed by atoms with Crippen molar-refractivity contribution in [2.75, 3.05) is 31.5 Å². The first-order valence-electron chi connectivity index (χ1n) is 16.9. The van der Waals surface area contributed by atoms with Crippen LogP contribution in [0.1, 0.15) is 99.3 Å². The number of ether oxygens (including phenoxy) is 3. The van der Waals surface area contributed by atoms with E-state index in [-0.39, 0.29) is 12.6 Å². The van der Waals surface area contributed by atoms with Crippen molar-refractivity contribution in [3.05, 3.63) is 54.6 Å². The number of para-hydroxylation sites is 1. The van der Waals surface area contributed by atoms with Crippen LogP contribution in [0.2, 0.25) is 0 Å². The van der Waals surface area contributed by atoms with Crippen LogP contribution in [0.25, 0.3) is 11.1 Å². The molecule has 0 spiro atoms. The van der Waals surface area contributed by atoms with Crippen LogP contribution in [-0.2, 0) is 14.2 Å². The Kier molecular flexibility index (Phi) is 14.4. The normalized spacial score (nSPS) is 14.4. The largest absolute Gasteiger partial charge is 0.446 e. The fourth-order valence-corrected chi connectivity index (χ4v) is 5.38. The topological polar surface area (TPSA) is 97.4 Å². The molecule has 9 nitrogen and oxygen atoms in total. The molecule has 1 fully saturated rings. The minimum Gasteiger partial charge on any atom is -0.446 e. The van der Waals surface area contributed by atoms with Gasteiger partial charge in [-0.15, -0.1) is 0 Å². The van der Waals surface area contributed by atoms with Gasteiger partial charge in [-0.1, -0.05) is 80.6 Å². The second kappa shape index (κ2) is 17.9. The number of carbonyl (C=O) groups is 3. The molecule has 1 heterocycles. The summed E-state index contributed by atoms with van der Waals surface area (Å²) in [4.78, 5) is 41.5. The average Bonchev–Trinajstić information content (AvgIpc) is 2.97. The highest BCUT2D eigenvalue weighted by Crippen LogP contribution is 2.28. The van der Waals surface area contributed by atoms with Crippen LogP contribution in [0.3, 0.4) is 0 Å². The number of rotatable bonds is 13. The maximum absolute atomic E-state index is 12.7. The molecular weight excluding hydrogens is 582 g/mol. The van der Waals surface area contributed by atoms with Crippen molar-refractivity contribution < 1.29 is 28.6 Å². The number of carbonyl (C=O) groups excluding carboxylic acids is 3. The number of imide groups is 1. The van der Waals surface area contributed by atoms with Gasteiger partial charge in [-0.25, -0.2) is 19.3 Å². The molecule has 1 aliphatic rings. The van der Waals surface area contributed by atoms with Gasteiger partial charge in [0.2, 0.25) is 0 Å². The summed E-state index contributed by atoms with van der Waals surface area (Å²) in [5.74, 6) is 0. The number of benzene rings is 2. The number of hydrogen-bond donors (Lipinski definition) is 1. The lowest BCUT2D eigenvalue weighted by molar-refractivity contribution is 0.00115. The van der Waals surface area contributed by atoms with Crippen molar-refractivity contribution in [3.8, 4) is 11.1 Å². The molecule has 1 saturated heterocycles. The van der Waals surface area contributed by atoms with Crippen LogP contribution >= 0.6 is 0 Å². The van der Waals surface area contributed by atoms with Crippen LogP contribution < -0.4 is 5.32 Å². The highest BCUT2D eigenvalue weighted by Gasteiger charge is 2.30. The Morgan fingerprint density at radius 1 is 0.739 bits per heavy atom. The van der Waals surface area contributed by atoms with Crippen LogP contribution in [0.15, 0.2) is 54.6 Å². The molecule has 9 heteroatoms. The SMILES string of the molecule is CC(C)(C)OC(=O)N(CCCCCCCCCN1CCC(OC(=O)Nc2ccccc2-c2ccccc2)CC1)C(=O)OC(C)(C)C. The molecule has 0 aromatic heterocycles. The van der Waals surface area contributed by atoms with E-state index in [9.17, 15) is 14.4 Å². The lowest BCUT2D eigenvalue weighted by atomic mass is 10.0. The monoisotopic (exact) mass is 637 g/mol. The molecule has 0 unspecified atom stereocenters. The molecule has 46 heavy (non-hydrogen) atoms. The number of nitrogens with one attached hydrogen (secondary N) is 1. The lowest BCUT2D eigenvalue weighted by Crippen LogP contribution is -2.44. The van der Waals surface area contributed by atoms with Crippen molar-refractivity contribution in [1.82, 2.24) is 9.80 Å². The van der Waals surface area contributed by atoms with Gasteiger partial charge in [-0.05, 0) is 85.4 Å². The Morgan fingerprint density at radius 2 is 1.26 bits per heavy atom. The number of unbranched alkanes of at least 4 members (excludes halogenated alkanes) is 6. The highest BCUT2D eigenvalue weighted by atomic mass is 16.6. The summed E-state index contributed by atoms with van der Waals surface area (Å²) in [5.41, 5.74) is 1.40. The maximum atomic E-state index is 12.7. The van der Waals surface area contributed by atoms with Gasteiger partial charge in [0.25, 0.3) is 0 Å². The van der Waals surface area contributed by atoms with E-state index in [0.717, 1.165) is 86.3 Å². The predicted molar refractivity (Wildman–Crippen MR) is 183 cm³/mol. The minimum atomic E-state index is -0.687. The molecule has 0 radical (unpaired) electrons. The molecule has 2 aromatic carbocycles. The second-order valence-electron chi connectivity index (χ2n) is 14.1. The minimum absolute atomic E-state index is 0.0679. The van der Waals surface area contributed by atoms with E-state index in [1.54, 1.807) is 41.5 Å². The summed E-state index contributed by atoms with van der Waals surface area (Å²) in [6, 6.07) is 17.8. The van der Waals surface area contributed by atoms with Gasteiger partial charge in [0.15, 0.2) is 0 Å². The van der Waals surface area contributed by atoms with Gasteiger partial charge in [0.05, 0.1) is 5.69 Å². The maximum Gasteiger partial charge on any atom is 0.419 e. The quantitative estimate of drug-likeness (QED) is 0.173. The van der Waals surface area contributed by atoms with Gasteiger partial charge in [-0.2, -0.15) is 0 Å². The van der Waals surface area contributed by atoms with Gasteiger partial charge in [-0.3, -0.25) is 5.32 Å². The third-order valence-corrected chi connectivity index (χ3v) is 7.64. The number of hydrogen-bond acceptors (Lipinski definition) is 7. The van der Waals surface area contributed by atoms with Crippen molar-refractivity contribution in [2.24, 2.45) is 0 Å². The Labute approximate surface area is 276 Å². The molecule has 1 N–H and O–H groups in total. The summed E-state index contributed by atoms with van der Waals surface area (Å²) >= 11 is 0. The molecule has 254 valence electrons. The van der Waals surface area contributed by atoms with E-state index < -0.39 is 29.5 Å². The number of amides is 3. The fraction of sp³-hybridized carbons (Fsp3) is 0.595. The smallest absolute Gasteiger partial charge is 0.419 e. The molecule has 0 bridgehead atoms. The van der Waals surface area contributed by atoms with Gasteiger partial charge in [0.1, 0.15) is 17.3 Å². The summed E-state index contributed by atoms with van der Waals surface area (Å²) in [6.45, 7) is 13.9. The number of piperidine rings is 1. The zero-order chi connectivity index (χ0) is 33.6. The zero-order valence-corrected chi connectivity index (χ0v) is 28.8. The van der Waals surface area contributed by atoms with E-state index in [1.807, 2.05) is 54.6 Å². The van der Waals surface area contributed by atoms with Crippen molar-refractivity contribution >= 4 is 24.0 Å².